The van der Waals surface area contributed by atoms with Crippen molar-refractivity contribution in [1.29, 1.82) is 0 Å². The van der Waals surface area contributed by atoms with Crippen molar-refractivity contribution < 1.29 is 18.2 Å². The second-order valence-corrected chi connectivity index (χ2v) is 6.94. The van der Waals surface area contributed by atoms with Crippen LogP contribution in [0, 0.1) is 0 Å². The van der Waals surface area contributed by atoms with E-state index in [9.17, 15) is 8.76 Å². The summed E-state index contributed by atoms with van der Waals surface area (Å²) in [6, 6.07) is 5.32. The average Bonchev–Trinajstić information content (AvgIpc) is 2.25. The summed E-state index contributed by atoms with van der Waals surface area (Å²) >= 11 is 0. The first-order chi connectivity index (χ1) is 8.54. The molecule has 2 atom stereocenters. The quantitative estimate of drug-likeness (QED) is 0.798. The van der Waals surface area contributed by atoms with E-state index in [1.165, 1.54) is 0 Å². The molecule has 0 radical (unpaired) electrons. The lowest BCUT2D eigenvalue weighted by Crippen LogP contribution is -2.13. The SMILES string of the molecule is CCC(C)c1ccc(OP(=O)(O)F)c(C(C)(C)C)c1. The molecule has 1 aromatic rings. The molecule has 19 heavy (non-hydrogen) atoms. The zero-order valence-electron chi connectivity index (χ0n) is 12.1. The van der Waals surface area contributed by atoms with Crippen LogP contribution < -0.4 is 4.52 Å². The van der Waals surface area contributed by atoms with E-state index < -0.39 is 7.91 Å². The standard InChI is InChI=1S/C14H22FO3P/c1-6-10(2)11-7-8-13(18-19(15,16)17)12(9-11)14(3,4)5/h7-10H,6H2,1-5H3,(H,16,17). The van der Waals surface area contributed by atoms with Crippen molar-refractivity contribution in [3.05, 3.63) is 29.3 Å². The van der Waals surface area contributed by atoms with Crippen LogP contribution in [0.25, 0.3) is 0 Å². The minimum Gasteiger partial charge on any atom is -0.401 e. The van der Waals surface area contributed by atoms with Gasteiger partial charge in [0.15, 0.2) is 0 Å². The van der Waals surface area contributed by atoms with E-state index in [0.29, 0.717) is 5.92 Å². The van der Waals surface area contributed by atoms with Gasteiger partial charge in [0.2, 0.25) is 0 Å². The van der Waals surface area contributed by atoms with Gasteiger partial charge in [-0.1, -0.05) is 46.8 Å². The topological polar surface area (TPSA) is 46.5 Å². The normalized spacial score (nSPS) is 16.8. The van der Waals surface area contributed by atoms with E-state index in [0.717, 1.165) is 17.5 Å². The highest BCUT2D eigenvalue weighted by atomic mass is 31.2. The van der Waals surface area contributed by atoms with Crippen molar-refractivity contribution in [1.82, 2.24) is 0 Å². The molecule has 0 aliphatic rings. The lowest BCUT2D eigenvalue weighted by atomic mass is 9.83. The third-order valence-corrected chi connectivity index (χ3v) is 3.63. The largest absolute Gasteiger partial charge is 0.567 e. The third-order valence-electron chi connectivity index (χ3n) is 3.20. The van der Waals surface area contributed by atoms with E-state index in [-0.39, 0.29) is 11.2 Å². The van der Waals surface area contributed by atoms with Crippen LogP contribution in [0.15, 0.2) is 18.2 Å². The Morgan fingerprint density at radius 1 is 1.42 bits per heavy atom. The fourth-order valence-corrected chi connectivity index (χ4v) is 2.28. The van der Waals surface area contributed by atoms with Gasteiger partial charge in [-0.3, -0.25) is 4.89 Å². The zero-order chi connectivity index (χ0) is 14.8. The molecule has 0 aromatic heterocycles. The first-order valence-electron chi connectivity index (χ1n) is 6.41. The fraction of sp³-hybridized carbons (Fsp3) is 0.571. The Kier molecular flexibility index (Phi) is 4.81. The maximum Gasteiger partial charge on any atom is 0.567 e. The predicted octanol–water partition coefficient (Wildman–Crippen LogP) is 4.95. The van der Waals surface area contributed by atoms with Crippen molar-refractivity contribution in [3.8, 4) is 5.75 Å². The Morgan fingerprint density at radius 2 is 2.00 bits per heavy atom. The third kappa shape index (κ3) is 4.63. The maximum atomic E-state index is 12.9. The molecule has 1 aromatic carbocycles. The van der Waals surface area contributed by atoms with Crippen LogP contribution in [-0.4, -0.2) is 4.89 Å². The van der Waals surface area contributed by atoms with Crippen molar-refractivity contribution in [2.24, 2.45) is 0 Å². The Labute approximate surface area is 114 Å². The molecule has 0 aliphatic carbocycles. The summed E-state index contributed by atoms with van der Waals surface area (Å²) < 4.78 is 28.2. The van der Waals surface area contributed by atoms with E-state index in [2.05, 4.69) is 18.4 Å². The number of benzene rings is 1. The van der Waals surface area contributed by atoms with Gasteiger partial charge in [-0.25, -0.2) is 4.57 Å². The van der Waals surface area contributed by atoms with Gasteiger partial charge in [-0.15, -0.1) is 4.20 Å². The molecule has 3 nitrogen and oxygen atoms in total. The number of rotatable bonds is 4. The molecule has 0 spiro atoms. The van der Waals surface area contributed by atoms with Gasteiger partial charge < -0.3 is 4.52 Å². The van der Waals surface area contributed by atoms with Gasteiger partial charge >= 0.3 is 7.91 Å². The molecule has 0 saturated carbocycles. The van der Waals surface area contributed by atoms with Gasteiger partial charge in [0.25, 0.3) is 0 Å². The van der Waals surface area contributed by atoms with E-state index in [1.807, 2.05) is 32.9 Å². The summed E-state index contributed by atoms with van der Waals surface area (Å²) in [6.45, 7) is 10.1. The highest BCUT2D eigenvalue weighted by Crippen LogP contribution is 2.47. The maximum absolute atomic E-state index is 12.9. The van der Waals surface area contributed by atoms with Crippen molar-refractivity contribution in [3.63, 3.8) is 0 Å². The Morgan fingerprint density at radius 3 is 2.42 bits per heavy atom. The molecular weight excluding hydrogens is 266 g/mol. The van der Waals surface area contributed by atoms with E-state index in [4.69, 9.17) is 4.89 Å². The van der Waals surface area contributed by atoms with Crippen LogP contribution in [-0.2, 0) is 9.98 Å². The molecule has 0 bridgehead atoms. The van der Waals surface area contributed by atoms with Crippen LogP contribution in [0.4, 0.5) is 4.20 Å². The van der Waals surface area contributed by atoms with Crippen LogP contribution in [0.3, 0.4) is 0 Å². The number of hydrogen-bond acceptors (Lipinski definition) is 2. The van der Waals surface area contributed by atoms with Crippen LogP contribution in [0.5, 0.6) is 5.75 Å². The monoisotopic (exact) mass is 288 g/mol. The van der Waals surface area contributed by atoms with Crippen LogP contribution in [0.2, 0.25) is 0 Å². The Bertz CT molecular complexity index is 488. The summed E-state index contributed by atoms with van der Waals surface area (Å²) in [5.41, 5.74) is 1.55. The van der Waals surface area contributed by atoms with E-state index >= 15 is 0 Å². The van der Waals surface area contributed by atoms with Gasteiger partial charge in [0.1, 0.15) is 5.75 Å². The summed E-state index contributed by atoms with van der Waals surface area (Å²) in [6.07, 6.45) is 0.991. The highest BCUT2D eigenvalue weighted by molar-refractivity contribution is 7.47. The molecule has 1 N–H and O–H groups in total. The lowest BCUT2D eigenvalue weighted by Gasteiger charge is -2.24. The highest BCUT2D eigenvalue weighted by Gasteiger charge is 2.26. The van der Waals surface area contributed by atoms with Crippen LogP contribution in [0.1, 0.15) is 58.1 Å². The minimum absolute atomic E-state index is 0.132. The smallest absolute Gasteiger partial charge is 0.401 e. The molecule has 0 fully saturated rings. The minimum atomic E-state index is -5.03. The molecule has 2 unspecified atom stereocenters. The summed E-state index contributed by atoms with van der Waals surface area (Å²) in [5.74, 6) is 0.509. The predicted molar refractivity (Wildman–Crippen MR) is 75.4 cm³/mol. The molecule has 5 heteroatoms. The van der Waals surface area contributed by atoms with Crippen molar-refractivity contribution in [2.45, 2.75) is 52.4 Å². The lowest BCUT2D eigenvalue weighted by molar-refractivity contribution is 0.326. The average molecular weight is 288 g/mol. The van der Waals surface area contributed by atoms with Crippen LogP contribution >= 0.6 is 7.91 Å². The number of halogens is 1. The number of hydrogen-bond donors (Lipinski definition) is 1. The molecule has 1 rings (SSSR count). The summed E-state index contributed by atoms with van der Waals surface area (Å²) in [7, 11) is -5.03. The van der Waals surface area contributed by atoms with Crippen molar-refractivity contribution in [2.75, 3.05) is 0 Å². The van der Waals surface area contributed by atoms with Gasteiger partial charge in [-0.2, -0.15) is 0 Å². The molecule has 0 amide bonds. The van der Waals surface area contributed by atoms with E-state index in [1.54, 1.807) is 6.07 Å². The van der Waals surface area contributed by atoms with Gasteiger partial charge in [-0.05, 0) is 29.4 Å². The molecule has 108 valence electrons. The second kappa shape index (κ2) is 5.64. The first-order valence-corrected chi connectivity index (χ1v) is 7.88. The second-order valence-electron chi connectivity index (χ2n) is 5.86. The Balaban J connectivity index is 3.29. The molecule has 0 saturated heterocycles. The zero-order valence-corrected chi connectivity index (χ0v) is 13.0. The summed E-state index contributed by atoms with van der Waals surface area (Å²) in [5, 5.41) is 0. The fourth-order valence-electron chi connectivity index (χ4n) is 1.88. The molecule has 0 heterocycles. The molecular formula is C14H22FO3P. The summed E-state index contributed by atoms with van der Waals surface area (Å²) in [4.78, 5) is 8.75. The Hall–Kier alpha value is -0.860. The first kappa shape index (κ1) is 16.2. The molecule has 0 aliphatic heterocycles. The van der Waals surface area contributed by atoms with Crippen molar-refractivity contribution >= 4 is 7.91 Å². The van der Waals surface area contributed by atoms with Gasteiger partial charge in [0, 0.05) is 5.56 Å². The van der Waals surface area contributed by atoms with Gasteiger partial charge in [0.05, 0.1) is 0 Å².